The number of benzene rings is 2. The molecule has 8 atom stereocenters. The number of aliphatic hydroxyl groups excluding tert-OH is 2. The molecule has 2 saturated heterocycles. The van der Waals surface area contributed by atoms with E-state index in [0.29, 0.717) is 12.8 Å². The molecule has 2 heterocycles. The minimum absolute atomic E-state index is 0.314. The van der Waals surface area contributed by atoms with E-state index in [1.807, 2.05) is 48.5 Å². The molecule has 4 aliphatic rings. The van der Waals surface area contributed by atoms with Crippen molar-refractivity contribution in [3.8, 4) is 0 Å². The number of carbonyl (C=O) groups excluding carboxylic acids is 2. The quantitative estimate of drug-likeness (QED) is 0.492. The third kappa shape index (κ3) is 3.31. The number of ether oxygens (including phenoxy) is 2. The summed E-state index contributed by atoms with van der Waals surface area (Å²) < 4.78 is 11.0. The molecule has 0 radical (unpaired) electrons. The van der Waals surface area contributed by atoms with Crippen molar-refractivity contribution in [3.63, 3.8) is 0 Å². The maximum atomic E-state index is 12.7. The predicted molar refractivity (Wildman–Crippen MR) is 111 cm³/mol. The van der Waals surface area contributed by atoms with Crippen molar-refractivity contribution in [2.24, 2.45) is 0 Å². The molecule has 2 aromatic carbocycles. The summed E-state index contributed by atoms with van der Waals surface area (Å²) in [5, 5.41) is 26.4. The molecule has 2 aromatic rings. The van der Waals surface area contributed by atoms with Crippen LogP contribution in [0.25, 0.3) is 0 Å². The van der Waals surface area contributed by atoms with Gasteiger partial charge in [0.15, 0.2) is 12.2 Å². The van der Waals surface area contributed by atoms with Crippen molar-refractivity contribution in [3.05, 3.63) is 70.8 Å². The highest BCUT2D eigenvalue weighted by molar-refractivity contribution is 5.87. The Morgan fingerprint density at radius 3 is 1.56 bits per heavy atom. The van der Waals surface area contributed by atoms with E-state index in [4.69, 9.17) is 9.47 Å². The molecule has 8 heteroatoms. The number of epoxide rings is 2. The molecule has 0 bridgehead atoms. The van der Waals surface area contributed by atoms with Gasteiger partial charge in [0.05, 0.1) is 24.3 Å². The van der Waals surface area contributed by atoms with Crippen LogP contribution in [0.2, 0.25) is 0 Å². The van der Waals surface area contributed by atoms with E-state index in [1.165, 1.54) is 0 Å². The average molecular weight is 436 g/mol. The zero-order valence-corrected chi connectivity index (χ0v) is 17.2. The minimum atomic E-state index is -0.699. The maximum absolute atomic E-state index is 12.7. The highest BCUT2D eigenvalue weighted by Crippen LogP contribution is 2.41. The first kappa shape index (κ1) is 19.9. The smallest absolute Gasteiger partial charge is 0.252 e. The fourth-order valence-electron chi connectivity index (χ4n) is 5.14. The van der Waals surface area contributed by atoms with E-state index in [-0.39, 0.29) is 11.8 Å². The Bertz CT molecular complexity index is 1000. The summed E-state index contributed by atoms with van der Waals surface area (Å²) in [6.07, 6.45) is -2.72. The molecule has 2 aliphatic carbocycles. The first-order valence-electron chi connectivity index (χ1n) is 10.9. The van der Waals surface area contributed by atoms with Crippen LogP contribution < -0.4 is 10.6 Å². The molecule has 0 saturated carbocycles. The van der Waals surface area contributed by atoms with E-state index in [2.05, 4.69) is 10.6 Å². The molecule has 0 unspecified atom stereocenters. The van der Waals surface area contributed by atoms with E-state index in [0.717, 1.165) is 22.3 Å². The maximum Gasteiger partial charge on any atom is 0.252 e. The van der Waals surface area contributed by atoms with Gasteiger partial charge in [0.25, 0.3) is 11.8 Å². The number of nitrogens with one attached hydrogen (secondary N) is 2. The van der Waals surface area contributed by atoms with Gasteiger partial charge < -0.3 is 30.3 Å². The first-order valence-corrected chi connectivity index (χ1v) is 10.9. The van der Waals surface area contributed by atoms with Gasteiger partial charge in [-0.25, -0.2) is 0 Å². The van der Waals surface area contributed by atoms with Crippen LogP contribution in [0.1, 0.15) is 34.3 Å². The molecular formula is C24H24N2O6. The van der Waals surface area contributed by atoms with Crippen molar-refractivity contribution in [1.29, 1.82) is 0 Å². The lowest BCUT2D eigenvalue weighted by Crippen LogP contribution is -2.38. The number of carbonyl (C=O) groups is 2. The second kappa shape index (κ2) is 7.38. The fourth-order valence-corrected chi connectivity index (χ4v) is 5.14. The Balaban J connectivity index is 1.04. The van der Waals surface area contributed by atoms with E-state index < -0.39 is 48.7 Å². The SMILES string of the molecule is O=C(N[C@H]1c2ccccc2C[C@H]1O)[C@H]1O[C@@H]1[C@H]1O[C@@H]1C(=O)N[C@H]1c2ccccc2C[C@H]1O. The molecule has 2 fully saturated rings. The number of aliphatic hydroxyl groups is 2. The normalized spacial score (nSPS) is 36.2. The van der Waals surface area contributed by atoms with Crippen LogP contribution in [0, 0.1) is 0 Å². The zero-order chi connectivity index (χ0) is 22.0. The van der Waals surface area contributed by atoms with Crippen LogP contribution in [0.5, 0.6) is 0 Å². The molecular weight excluding hydrogens is 412 g/mol. The number of hydrogen-bond acceptors (Lipinski definition) is 6. The standard InChI is InChI=1S/C24H24N2O6/c27-15-9-11-5-1-3-7-13(11)17(15)25-23(29)21-19(31-21)20-22(32-20)24(30)26-18-14-8-4-2-6-12(14)10-16(18)28/h1-8,15-22,27-28H,9-10H2,(H,25,29)(H,26,30)/t15-,16-,17+,18+,19-,20-,21+,22+/m1/s1. The number of hydrogen-bond donors (Lipinski definition) is 4. The van der Waals surface area contributed by atoms with Crippen LogP contribution in [0.3, 0.4) is 0 Å². The lowest BCUT2D eigenvalue weighted by atomic mass is 10.1. The van der Waals surface area contributed by atoms with Crippen molar-refractivity contribution in [2.45, 2.75) is 61.5 Å². The van der Waals surface area contributed by atoms with Gasteiger partial charge in [0, 0.05) is 12.8 Å². The Kier molecular flexibility index (Phi) is 4.58. The summed E-state index contributed by atoms with van der Waals surface area (Å²) in [4.78, 5) is 25.3. The van der Waals surface area contributed by atoms with Crippen LogP contribution in [0.4, 0.5) is 0 Å². The molecule has 8 nitrogen and oxygen atoms in total. The molecule has 0 spiro atoms. The summed E-state index contributed by atoms with van der Waals surface area (Å²) in [5.74, 6) is -0.629. The summed E-state index contributed by atoms with van der Waals surface area (Å²) in [6.45, 7) is 0. The second-order valence-electron chi connectivity index (χ2n) is 8.96. The average Bonchev–Trinajstić information content (AvgIpc) is 3.68. The van der Waals surface area contributed by atoms with E-state index in [1.54, 1.807) is 0 Å². The number of rotatable bonds is 5. The summed E-state index contributed by atoms with van der Waals surface area (Å²) in [6, 6.07) is 14.4. The Labute approximate surface area is 184 Å². The number of amides is 2. The molecule has 166 valence electrons. The second-order valence-corrected chi connectivity index (χ2v) is 8.96. The monoisotopic (exact) mass is 436 g/mol. The Morgan fingerprint density at radius 1 is 0.719 bits per heavy atom. The fraction of sp³-hybridized carbons (Fsp3) is 0.417. The van der Waals surface area contributed by atoms with Crippen molar-refractivity contribution >= 4 is 11.8 Å². The highest BCUT2D eigenvalue weighted by Gasteiger charge is 2.63. The molecule has 2 aliphatic heterocycles. The van der Waals surface area contributed by atoms with Crippen molar-refractivity contribution < 1.29 is 29.3 Å². The zero-order valence-electron chi connectivity index (χ0n) is 17.2. The van der Waals surface area contributed by atoms with Gasteiger partial charge in [0.1, 0.15) is 12.2 Å². The van der Waals surface area contributed by atoms with Gasteiger partial charge in [-0.3, -0.25) is 9.59 Å². The summed E-state index contributed by atoms with van der Waals surface area (Å²) in [5.41, 5.74) is 3.88. The van der Waals surface area contributed by atoms with E-state index >= 15 is 0 Å². The molecule has 0 aromatic heterocycles. The molecule has 32 heavy (non-hydrogen) atoms. The van der Waals surface area contributed by atoms with Crippen molar-refractivity contribution in [2.75, 3.05) is 0 Å². The topological polar surface area (TPSA) is 124 Å². The minimum Gasteiger partial charge on any atom is -0.390 e. The lowest BCUT2D eigenvalue weighted by molar-refractivity contribution is -0.124. The van der Waals surface area contributed by atoms with E-state index in [9.17, 15) is 19.8 Å². The van der Waals surface area contributed by atoms with Crippen LogP contribution >= 0.6 is 0 Å². The van der Waals surface area contributed by atoms with Crippen LogP contribution in [-0.4, -0.2) is 58.7 Å². The largest absolute Gasteiger partial charge is 0.390 e. The first-order chi connectivity index (χ1) is 15.5. The van der Waals surface area contributed by atoms with Gasteiger partial charge in [-0.15, -0.1) is 0 Å². The third-order valence-electron chi connectivity index (χ3n) is 6.90. The van der Waals surface area contributed by atoms with Crippen molar-refractivity contribution in [1.82, 2.24) is 10.6 Å². The molecule has 2 amide bonds. The molecule has 4 N–H and O–H groups in total. The van der Waals surface area contributed by atoms with Gasteiger partial charge in [-0.05, 0) is 22.3 Å². The van der Waals surface area contributed by atoms with Gasteiger partial charge in [0.2, 0.25) is 0 Å². The summed E-state index contributed by atoms with van der Waals surface area (Å²) >= 11 is 0. The number of fused-ring (bicyclic) bond motifs is 2. The Morgan fingerprint density at radius 2 is 1.12 bits per heavy atom. The molecule has 6 rings (SSSR count). The lowest BCUT2D eigenvalue weighted by Gasteiger charge is -2.17. The van der Waals surface area contributed by atoms with Gasteiger partial charge in [-0.1, -0.05) is 48.5 Å². The van der Waals surface area contributed by atoms with Gasteiger partial charge >= 0.3 is 0 Å². The summed E-state index contributed by atoms with van der Waals surface area (Å²) in [7, 11) is 0. The third-order valence-corrected chi connectivity index (χ3v) is 6.90. The van der Waals surface area contributed by atoms with Crippen LogP contribution in [0.15, 0.2) is 48.5 Å². The van der Waals surface area contributed by atoms with Crippen LogP contribution in [-0.2, 0) is 31.9 Å². The Hall–Kier alpha value is -2.78. The van der Waals surface area contributed by atoms with Gasteiger partial charge in [-0.2, -0.15) is 0 Å². The highest BCUT2D eigenvalue weighted by atomic mass is 16.7. The predicted octanol–water partition coefficient (Wildman–Crippen LogP) is 0.0702.